The predicted molar refractivity (Wildman–Crippen MR) is 132 cm³/mol. The van der Waals surface area contributed by atoms with Gasteiger partial charge in [0.05, 0.1) is 11.3 Å². The summed E-state index contributed by atoms with van der Waals surface area (Å²) in [6.45, 7) is 0.535. The van der Waals surface area contributed by atoms with Gasteiger partial charge in [-0.2, -0.15) is 0 Å². The van der Waals surface area contributed by atoms with Gasteiger partial charge in [-0.3, -0.25) is 9.36 Å². The lowest BCUT2D eigenvalue weighted by atomic mass is 10.1. The molecule has 2 heterocycles. The third-order valence-electron chi connectivity index (χ3n) is 5.49. The minimum absolute atomic E-state index is 0.0973. The number of hydrogen-bond donors (Lipinski definition) is 2. The summed E-state index contributed by atoms with van der Waals surface area (Å²) in [4.78, 5) is 15.8. The first-order valence-electron chi connectivity index (χ1n) is 10.9. The number of nitrogens with one attached hydrogen (secondary N) is 2. The monoisotopic (exact) mass is 471 g/mol. The van der Waals surface area contributed by atoms with Crippen molar-refractivity contribution in [1.82, 2.24) is 25.1 Å². The van der Waals surface area contributed by atoms with Gasteiger partial charge in [-0.15, -0.1) is 10.2 Å². The van der Waals surface area contributed by atoms with E-state index in [1.54, 1.807) is 22.8 Å². The minimum Gasteiger partial charge on any atom is -0.361 e. The highest BCUT2D eigenvalue weighted by Gasteiger charge is 2.19. The van der Waals surface area contributed by atoms with Crippen LogP contribution in [0.2, 0.25) is 0 Å². The molecular weight excluding hydrogens is 449 g/mol. The Morgan fingerprint density at radius 1 is 0.971 bits per heavy atom. The smallest absolute Gasteiger partial charge is 0.230 e. The second-order valence-electron chi connectivity index (χ2n) is 7.71. The highest BCUT2D eigenvalue weighted by molar-refractivity contribution is 7.99. The fraction of sp³-hybridized carbons (Fsp3) is 0.115. The number of fused-ring (bicyclic) bond motifs is 1. The highest BCUT2D eigenvalue weighted by Crippen LogP contribution is 2.29. The number of carbonyl (C=O) groups excluding carboxylic acids is 1. The number of benzene rings is 3. The van der Waals surface area contributed by atoms with Crippen molar-refractivity contribution in [3.63, 3.8) is 0 Å². The van der Waals surface area contributed by atoms with Crippen molar-refractivity contribution in [1.29, 1.82) is 0 Å². The van der Waals surface area contributed by atoms with Crippen molar-refractivity contribution in [3.8, 4) is 17.1 Å². The van der Waals surface area contributed by atoms with Crippen LogP contribution in [0.3, 0.4) is 0 Å². The first kappa shape index (κ1) is 21.9. The van der Waals surface area contributed by atoms with E-state index < -0.39 is 0 Å². The molecule has 170 valence electrons. The Bertz CT molecular complexity index is 1430. The van der Waals surface area contributed by atoms with Crippen molar-refractivity contribution in [2.24, 2.45) is 0 Å². The zero-order valence-electron chi connectivity index (χ0n) is 18.2. The van der Waals surface area contributed by atoms with Gasteiger partial charge in [0.1, 0.15) is 5.82 Å². The highest BCUT2D eigenvalue weighted by atomic mass is 32.2. The molecule has 0 radical (unpaired) electrons. The number of thioether (sulfide) groups is 1. The average Bonchev–Trinajstić information content (AvgIpc) is 3.48. The number of para-hydroxylation sites is 2. The fourth-order valence-corrected chi connectivity index (χ4v) is 4.63. The molecule has 0 aliphatic rings. The van der Waals surface area contributed by atoms with Crippen molar-refractivity contribution < 1.29 is 9.18 Å². The van der Waals surface area contributed by atoms with E-state index >= 15 is 0 Å². The molecule has 8 heteroatoms. The lowest BCUT2D eigenvalue weighted by Gasteiger charge is -2.11. The molecule has 0 aliphatic carbocycles. The van der Waals surface area contributed by atoms with Crippen LogP contribution in [0.5, 0.6) is 0 Å². The van der Waals surface area contributed by atoms with Crippen LogP contribution < -0.4 is 5.32 Å². The van der Waals surface area contributed by atoms with Crippen molar-refractivity contribution >= 4 is 28.6 Å². The molecule has 0 fully saturated rings. The molecule has 2 N–H and O–H groups in total. The van der Waals surface area contributed by atoms with Gasteiger partial charge in [0.2, 0.25) is 5.91 Å². The van der Waals surface area contributed by atoms with Crippen LogP contribution in [0.1, 0.15) is 5.56 Å². The summed E-state index contributed by atoms with van der Waals surface area (Å²) in [5, 5.41) is 13.2. The second-order valence-corrected chi connectivity index (χ2v) is 8.65. The molecule has 5 rings (SSSR count). The third-order valence-corrected chi connectivity index (χ3v) is 6.42. The molecule has 6 nitrogen and oxygen atoms in total. The van der Waals surface area contributed by atoms with Gasteiger partial charge < -0.3 is 10.3 Å². The molecule has 0 atom stereocenters. The number of aromatic nitrogens is 4. The van der Waals surface area contributed by atoms with Gasteiger partial charge >= 0.3 is 0 Å². The van der Waals surface area contributed by atoms with Crippen LogP contribution in [0, 0.1) is 5.82 Å². The Labute approximate surface area is 200 Å². The summed E-state index contributed by atoms with van der Waals surface area (Å²) in [5.74, 6) is 0.0981. The number of carbonyl (C=O) groups is 1. The summed E-state index contributed by atoms with van der Waals surface area (Å²) < 4.78 is 16.3. The van der Waals surface area contributed by atoms with Gasteiger partial charge in [-0.25, -0.2) is 4.39 Å². The predicted octanol–water partition coefficient (Wildman–Crippen LogP) is 5.01. The molecule has 3 aromatic carbocycles. The van der Waals surface area contributed by atoms with E-state index in [1.165, 1.54) is 28.8 Å². The summed E-state index contributed by atoms with van der Waals surface area (Å²) in [7, 11) is 0. The van der Waals surface area contributed by atoms with Crippen LogP contribution in [-0.4, -0.2) is 38.0 Å². The van der Waals surface area contributed by atoms with Gasteiger partial charge in [0.15, 0.2) is 11.0 Å². The molecule has 0 saturated heterocycles. The molecule has 0 aliphatic heterocycles. The lowest BCUT2D eigenvalue weighted by Crippen LogP contribution is -2.27. The van der Waals surface area contributed by atoms with Gasteiger partial charge in [0.25, 0.3) is 0 Å². The van der Waals surface area contributed by atoms with Crippen molar-refractivity contribution in [2.75, 3.05) is 12.3 Å². The van der Waals surface area contributed by atoms with E-state index in [4.69, 9.17) is 0 Å². The Balaban J connectivity index is 1.28. The minimum atomic E-state index is -0.376. The number of aromatic amines is 1. The maximum atomic E-state index is 14.5. The molecule has 34 heavy (non-hydrogen) atoms. The third kappa shape index (κ3) is 4.58. The number of H-pyrrole nitrogens is 1. The Morgan fingerprint density at radius 3 is 2.59 bits per heavy atom. The molecular formula is C26H22FN5OS. The normalized spacial score (nSPS) is 11.1. The van der Waals surface area contributed by atoms with Crippen LogP contribution in [0.25, 0.3) is 28.0 Å². The number of halogens is 1. The maximum absolute atomic E-state index is 14.5. The number of nitrogens with zero attached hydrogens (tertiary/aromatic N) is 3. The number of rotatable bonds is 8. The van der Waals surface area contributed by atoms with E-state index in [0.29, 0.717) is 23.1 Å². The summed E-state index contributed by atoms with van der Waals surface area (Å²) in [6.07, 6.45) is 2.72. The molecule has 5 aromatic rings. The summed E-state index contributed by atoms with van der Waals surface area (Å²) in [5.41, 5.74) is 3.41. The Morgan fingerprint density at radius 2 is 1.74 bits per heavy atom. The molecule has 0 spiro atoms. The number of hydrogen-bond acceptors (Lipinski definition) is 4. The van der Waals surface area contributed by atoms with Crippen molar-refractivity contribution in [2.45, 2.75) is 11.6 Å². The van der Waals surface area contributed by atoms with Gasteiger partial charge in [0, 0.05) is 29.3 Å². The van der Waals surface area contributed by atoms with E-state index in [-0.39, 0.29) is 17.5 Å². The second kappa shape index (κ2) is 9.93. The molecule has 0 saturated carbocycles. The maximum Gasteiger partial charge on any atom is 0.230 e. The fourth-order valence-electron chi connectivity index (χ4n) is 3.85. The largest absolute Gasteiger partial charge is 0.361 e. The standard InChI is InChI=1S/C26H22FN5OS/c27-22-12-6-4-11-21(22)25-30-31-26(32(25)19-8-2-1-3-9-19)34-17-24(33)28-15-14-18-16-29-23-13-7-5-10-20(18)23/h1-13,16,29H,14-15,17H2,(H,28,33). The SMILES string of the molecule is O=C(CSc1nnc(-c2ccccc2F)n1-c1ccccc1)NCCc1c[nH]c2ccccc12. The zero-order valence-corrected chi connectivity index (χ0v) is 19.1. The molecule has 0 unspecified atom stereocenters. The summed E-state index contributed by atoms with van der Waals surface area (Å²) >= 11 is 1.27. The van der Waals surface area contributed by atoms with Crippen molar-refractivity contribution in [3.05, 3.63) is 96.4 Å². The number of amides is 1. The Kier molecular flexibility index (Phi) is 6.40. The van der Waals surface area contributed by atoms with E-state index in [0.717, 1.165) is 17.6 Å². The zero-order chi connectivity index (χ0) is 23.3. The molecule has 1 amide bonds. The Hall–Kier alpha value is -3.91. The van der Waals surface area contributed by atoms with Crippen LogP contribution in [0.15, 0.2) is 90.2 Å². The van der Waals surface area contributed by atoms with Gasteiger partial charge in [-0.1, -0.05) is 60.3 Å². The molecule has 0 bridgehead atoms. The topological polar surface area (TPSA) is 75.6 Å². The average molecular weight is 472 g/mol. The first-order valence-corrected chi connectivity index (χ1v) is 11.9. The van der Waals surface area contributed by atoms with E-state index in [1.807, 2.05) is 54.7 Å². The summed E-state index contributed by atoms with van der Waals surface area (Å²) in [6, 6.07) is 24.1. The van der Waals surface area contributed by atoms with Gasteiger partial charge in [-0.05, 0) is 42.3 Å². The quantitative estimate of drug-likeness (QED) is 0.312. The van der Waals surface area contributed by atoms with E-state index in [9.17, 15) is 9.18 Å². The van der Waals surface area contributed by atoms with E-state index in [2.05, 4.69) is 26.6 Å². The van der Waals surface area contributed by atoms with Crippen LogP contribution >= 0.6 is 11.8 Å². The van der Waals surface area contributed by atoms with Crippen LogP contribution in [0.4, 0.5) is 4.39 Å². The molecule has 2 aromatic heterocycles. The van der Waals surface area contributed by atoms with Crippen LogP contribution in [-0.2, 0) is 11.2 Å². The first-order chi connectivity index (χ1) is 16.7. The lowest BCUT2D eigenvalue weighted by molar-refractivity contribution is -0.118.